The molecule has 2 atom stereocenters. The minimum absolute atomic E-state index is 0.0292. The number of hydrogen-bond acceptors (Lipinski definition) is 13. The number of aliphatic hydroxyl groups excluding tert-OH is 1. The number of carbonyl (C=O) groups is 5. The Kier molecular flexibility index (Phi) is 13.0. The number of methoxy groups -OCH3 is 1. The number of rotatable bonds is 13. The Morgan fingerprint density at radius 2 is 1.72 bits per heavy atom. The molecule has 5 fully saturated rings. The van der Waals surface area contributed by atoms with Gasteiger partial charge in [0.2, 0.25) is 29.6 Å². The van der Waals surface area contributed by atoms with Crippen LogP contribution < -0.4 is 40.7 Å². The molecule has 1 unspecified atom stereocenters. The van der Waals surface area contributed by atoms with Crippen LogP contribution in [0.1, 0.15) is 107 Å². The predicted molar refractivity (Wildman–Crippen MR) is 251 cm³/mol. The molecule has 2 saturated carbocycles. The zero-order valence-corrected chi connectivity index (χ0v) is 38.7. The summed E-state index contributed by atoms with van der Waals surface area (Å²) in [5, 5.41) is 22.1. The molecule has 17 nitrogen and oxygen atoms in total. The van der Waals surface area contributed by atoms with Gasteiger partial charge in [-0.1, -0.05) is 19.8 Å². The van der Waals surface area contributed by atoms with Gasteiger partial charge in [-0.3, -0.25) is 29.3 Å². The molecule has 2 aliphatic carbocycles. The number of fused-ring (bicyclic) bond motifs is 1. The SMILES string of the molecule is CC[C@@H]1C(=O)N(C)c2cnc(Nc3ccc(C(=O)NC4(CCO)CCC5(CC4)CN(C(=O)C4CCN(c6ccc(NC7CCC(=O)NC7=O)cc6F)CC4)C5)cc3OC)nc2N1C1CCCC1. The Morgan fingerprint density at radius 3 is 2.39 bits per heavy atom. The standard InChI is InChI=1S/C49H63FN10O7/c1-4-37-46(66)57(2)39-27-51-47(55-42(39)60(37)33-7-5-6-8-33)53-35-11-9-31(25-40(35)67-3)43(63)56-49(21-24-61)19-17-48(18-20-49)28-59(29-48)45(65)30-15-22-58(23-16-30)38-13-10-32(26-34(38)50)52-36-12-14-41(62)54-44(36)64/h9-11,13,25-27,30,33,36-37,52,61H,4-8,12,14-24,28-29H2,1-3H3,(H,56,63)(H,51,53,55)(H,54,62,64)/t36?,37-/m1/s1. The van der Waals surface area contributed by atoms with Crippen LogP contribution >= 0.6 is 0 Å². The Labute approximate surface area is 390 Å². The summed E-state index contributed by atoms with van der Waals surface area (Å²) in [5.41, 5.74) is 1.97. The van der Waals surface area contributed by atoms with Crippen LogP contribution in [0.4, 0.5) is 38.9 Å². The van der Waals surface area contributed by atoms with Gasteiger partial charge in [0.15, 0.2) is 5.82 Å². The summed E-state index contributed by atoms with van der Waals surface area (Å²) >= 11 is 0. The molecule has 1 aromatic heterocycles. The zero-order chi connectivity index (χ0) is 47.0. The molecule has 358 valence electrons. The summed E-state index contributed by atoms with van der Waals surface area (Å²) in [6.45, 7) is 4.38. The number of imide groups is 1. The number of nitrogens with zero attached hydrogens (tertiary/aromatic N) is 6. The minimum atomic E-state index is -0.600. The highest BCUT2D eigenvalue weighted by Crippen LogP contribution is 2.49. The number of likely N-dealkylation sites (tertiary alicyclic amines) is 1. The molecule has 18 heteroatoms. The van der Waals surface area contributed by atoms with Gasteiger partial charge in [-0.15, -0.1) is 0 Å². The number of benzene rings is 2. The van der Waals surface area contributed by atoms with Gasteiger partial charge in [0.05, 0.1) is 24.7 Å². The maximum Gasteiger partial charge on any atom is 0.251 e. The number of likely N-dealkylation sites (N-methyl/N-ethyl adjacent to an activating group) is 1. The normalized spacial score (nSPS) is 22.9. The quantitative estimate of drug-likeness (QED) is 0.139. The van der Waals surface area contributed by atoms with Crippen molar-refractivity contribution in [1.82, 2.24) is 25.5 Å². The molecule has 1 spiro atoms. The van der Waals surface area contributed by atoms with Gasteiger partial charge in [0.25, 0.3) is 5.91 Å². The van der Waals surface area contributed by atoms with Crippen molar-refractivity contribution in [3.8, 4) is 5.75 Å². The molecular weight excluding hydrogens is 860 g/mol. The maximum absolute atomic E-state index is 15.3. The second-order valence-electron chi connectivity index (χ2n) is 19.6. The molecule has 3 aromatic rings. The van der Waals surface area contributed by atoms with Crippen LogP contribution in [0.15, 0.2) is 42.6 Å². The number of piperidine rings is 2. The summed E-state index contributed by atoms with van der Waals surface area (Å²) in [6, 6.07) is 9.34. The summed E-state index contributed by atoms with van der Waals surface area (Å²) in [7, 11) is 3.32. The average molecular weight is 923 g/mol. The van der Waals surface area contributed by atoms with E-state index in [2.05, 4.69) is 31.2 Å². The van der Waals surface area contributed by atoms with Crippen LogP contribution in [0.3, 0.4) is 0 Å². The lowest BCUT2D eigenvalue weighted by molar-refractivity contribution is -0.152. The lowest BCUT2D eigenvalue weighted by Crippen LogP contribution is -2.64. The third-order valence-electron chi connectivity index (χ3n) is 15.4. The van der Waals surface area contributed by atoms with Gasteiger partial charge in [0.1, 0.15) is 29.3 Å². The van der Waals surface area contributed by atoms with Gasteiger partial charge in [0, 0.05) is 80.4 Å². The van der Waals surface area contributed by atoms with Crippen LogP contribution in [0.2, 0.25) is 0 Å². The maximum atomic E-state index is 15.3. The minimum Gasteiger partial charge on any atom is -0.495 e. The Hall–Kier alpha value is -6.04. The fourth-order valence-electron chi connectivity index (χ4n) is 11.5. The van der Waals surface area contributed by atoms with Crippen molar-refractivity contribution in [3.63, 3.8) is 0 Å². The Balaban J connectivity index is 0.775. The molecule has 4 aliphatic heterocycles. The summed E-state index contributed by atoms with van der Waals surface area (Å²) < 4.78 is 21.1. The molecule has 5 N–H and O–H groups in total. The van der Waals surface area contributed by atoms with E-state index in [9.17, 15) is 29.1 Å². The van der Waals surface area contributed by atoms with E-state index in [1.54, 1.807) is 55.6 Å². The second kappa shape index (κ2) is 18.9. The number of aromatic nitrogens is 2. The van der Waals surface area contributed by atoms with Gasteiger partial charge in [-0.25, -0.2) is 9.37 Å². The van der Waals surface area contributed by atoms with Crippen molar-refractivity contribution >= 4 is 64.1 Å². The highest BCUT2D eigenvalue weighted by atomic mass is 19.1. The number of nitrogens with one attached hydrogen (secondary N) is 4. The first-order valence-electron chi connectivity index (χ1n) is 24.1. The molecule has 9 rings (SSSR count). The first kappa shape index (κ1) is 46.1. The van der Waals surface area contributed by atoms with Crippen molar-refractivity contribution < 1.29 is 38.2 Å². The number of anilines is 6. The van der Waals surface area contributed by atoms with Crippen LogP contribution in [-0.4, -0.2) is 120 Å². The molecule has 67 heavy (non-hydrogen) atoms. The van der Waals surface area contributed by atoms with Crippen molar-refractivity contribution in [3.05, 3.63) is 54.0 Å². The molecule has 0 radical (unpaired) electrons. The lowest BCUT2D eigenvalue weighted by atomic mass is 9.62. The highest BCUT2D eigenvalue weighted by Gasteiger charge is 2.51. The summed E-state index contributed by atoms with van der Waals surface area (Å²) in [4.78, 5) is 81.9. The van der Waals surface area contributed by atoms with Crippen molar-refractivity contribution in [2.45, 2.75) is 120 Å². The number of carbonyl (C=O) groups excluding carboxylic acids is 5. The van der Waals surface area contributed by atoms with Crippen molar-refractivity contribution in [2.24, 2.45) is 11.3 Å². The third kappa shape index (κ3) is 9.20. The van der Waals surface area contributed by atoms with Crippen molar-refractivity contribution in [1.29, 1.82) is 0 Å². The smallest absolute Gasteiger partial charge is 0.251 e. The Bertz CT molecular complexity index is 2390. The molecule has 6 aliphatic rings. The highest BCUT2D eigenvalue weighted by molar-refractivity contribution is 6.04. The summed E-state index contributed by atoms with van der Waals surface area (Å²) in [6.07, 6.45) is 11.9. The first-order chi connectivity index (χ1) is 32.3. The fraction of sp³-hybridized carbons (Fsp3) is 0.571. The fourth-order valence-corrected chi connectivity index (χ4v) is 11.5. The number of amides is 5. The van der Waals surface area contributed by atoms with Crippen LogP contribution in [0.25, 0.3) is 0 Å². The lowest BCUT2D eigenvalue weighted by Gasteiger charge is -2.56. The molecule has 2 aromatic carbocycles. The first-order valence-corrected chi connectivity index (χ1v) is 24.1. The van der Waals surface area contributed by atoms with Crippen LogP contribution in [0, 0.1) is 17.2 Å². The van der Waals surface area contributed by atoms with E-state index in [0.29, 0.717) is 111 Å². The van der Waals surface area contributed by atoms with Gasteiger partial charge in [-0.05, 0) is 107 Å². The number of halogens is 1. The van der Waals surface area contributed by atoms with Crippen LogP contribution in [-0.2, 0) is 19.2 Å². The largest absolute Gasteiger partial charge is 0.495 e. The third-order valence-corrected chi connectivity index (χ3v) is 15.4. The predicted octanol–water partition coefficient (Wildman–Crippen LogP) is 5.26. The molecule has 5 heterocycles. The second-order valence-corrected chi connectivity index (χ2v) is 19.6. The van der Waals surface area contributed by atoms with E-state index in [0.717, 1.165) is 44.3 Å². The average Bonchev–Trinajstić information content (AvgIpc) is 3.85. The molecule has 3 saturated heterocycles. The zero-order valence-electron chi connectivity index (χ0n) is 38.7. The number of ether oxygens (including phenoxy) is 1. The molecular formula is C49H63FN10O7. The van der Waals surface area contributed by atoms with E-state index in [4.69, 9.17) is 9.72 Å². The number of aliphatic hydroxyl groups is 1. The number of hydrogen-bond donors (Lipinski definition) is 5. The molecule has 5 amide bonds. The van der Waals surface area contributed by atoms with Crippen molar-refractivity contribution in [2.75, 3.05) is 72.3 Å². The molecule has 0 bridgehead atoms. The summed E-state index contributed by atoms with van der Waals surface area (Å²) in [5.74, 6) is 0.179. The monoisotopic (exact) mass is 922 g/mol. The van der Waals surface area contributed by atoms with Gasteiger partial charge < -0.3 is 45.4 Å². The van der Waals surface area contributed by atoms with E-state index in [-0.39, 0.29) is 60.1 Å². The topological polar surface area (TPSA) is 202 Å². The van der Waals surface area contributed by atoms with E-state index in [1.807, 2.05) is 16.7 Å². The van der Waals surface area contributed by atoms with Gasteiger partial charge >= 0.3 is 0 Å². The Morgan fingerprint density at radius 1 is 0.970 bits per heavy atom. The van der Waals surface area contributed by atoms with Gasteiger partial charge in [-0.2, -0.15) is 4.98 Å². The van der Waals surface area contributed by atoms with E-state index < -0.39 is 23.3 Å². The van der Waals surface area contributed by atoms with E-state index >= 15 is 4.39 Å². The van der Waals surface area contributed by atoms with Crippen LogP contribution in [0.5, 0.6) is 5.75 Å². The van der Waals surface area contributed by atoms with E-state index in [1.165, 1.54) is 6.07 Å².